The van der Waals surface area contributed by atoms with Crippen molar-refractivity contribution >= 4 is 23.2 Å². The number of aryl methyl sites for hydroxylation is 2. The number of carboxylic acid groups (broad SMARTS) is 1. The number of hydrogen-bond donors (Lipinski definition) is 1. The molecule has 0 radical (unpaired) electrons. The van der Waals surface area contributed by atoms with Crippen LogP contribution in [0.5, 0.6) is 0 Å². The van der Waals surface area contributed by atoms with Gasteiger partial charge in [-0.15, -0.1) is 11.3 Å². The zero-order valence-corrected chi connectivity index (χ0v) is 13.6. The van der Waals surface area contributed by atoms with Gasteiger partial charge in [0.25, 0.3) is 5.91 Å². The molecule has 1 N–H and O–H groups in total. The molecule has 1 aromatic rings. The van der Waals surface area contributed by atoms with E-state index in [-0.39, 0.29) is 18.9 Å². The van der Waals surface area contributed by atoms with Gasteiger partial charge in [0.05, 0.1) is 11.3 Å². The molecule has 0 spiro atoms. The highest BCUT2D eigenvalue weighted by molar-refractivity contribution is 7.14. The Hall–Kier alpha value is -1.36. The van der Waals surface area contributed by atoms with E-state index in [1.807, 2.05) is 33.8 Å². The Morgan fingerprint density at radius 3 is 2.35 bits per heavy atom. The number of hydrogen-bond acceptors (Lipinski definition) is 3. The van der Waals surface area contributed by atoms with E-state index >= 15 is 0 Å². The van der Waals surface area contributed by atoms with Crippen LogP contribution in [0.25, 0.3) is 0 Å². The number of carboxylic acids is 1. The Morgan fingerprint density at radius 2 is 1.95 bits per heavy atom. The van der Waals surface area contributed by atoms with Gasteiger partial charge in [-0.05, 0) is 45.7 Å². The average Bonchev–Trinajstić information content (AvgIpc) is 2.68. The molecule has 112 valence electrons. The second-order valence-corrected chi connectivity index (χ2v) is 7.07. The van der Waals surface area contributed by atoms with Crippen LogP contribution in [0.3, 0.4) is 0 Å². The van der Waals surface area contributed by atoms with E-state index < -0.39 is 11.5 Å². The highest BCUT2D eigenvalue weighted by atomic mass is 32.1. The zero-order chi connectivity index (χ0) is 15.5. The molecular formula is C15H23NO3S. The molecule has 5 heteroatoms. The van der Waals surface area contributed by atoms with Crippen molar-refractivity contribution in [3.05, 3.63) is 21.4 Å². The summed E-state index contributed by atoms with van der Waals surface area (Å²) in [6.45, 7) is 10.1. The van der Waals surface area contributed by atoms with Gasteiger partial charge in [-0.2, -0.15) is 0 Å². The Morgan fingerprint density at radius 1 is 1.35 bits per heavy atom. The molecule has 0 aliphatic heterocycles. The quantitative estimate of drug-likeness (QED) is 0.907. The van der Waals surface area contributed by atoms with Crippen LogP contribution in [0.2, 0.25) is 0 Å². The second-order valence-electron chi connectivity index (χ2n) is 5.82. The Bertz CT molecular complexity index is 500. The number of amides is 1. The van der Waals surface area contributed by atoms with E-state index in [0.29, 0.717) is 4.88 Å². The maximum Gasteiger partial charge on any atom is 0.305 e. The molecule has 0 aliphatic carbocycles. The third-order valence-electron chi connectivity index (χ3n) is 3.22. The van der Waals surface area contributed by atoms with Gasteiger partial charge in [-0.25, -0.2) is 0 Å². The summed E-state index contributed by atoms with van der Waals surface area (Å²) in [4.78, 5) is 26.9. The van der Waals surface area contributed by atoms with Crippen molar-refractivity contribution in [2.24, 2.45) is 0 Å². The van der Waals surface area contributed by atoms with Crippen LogP contribution in [-0.4, -0.2) is 34.0 Å². The Kier molecular flexibility index (Phi) is 5.34. The molecule has 0 aliphatic rings. The minimum atomic E-state index is -0.886. The molecule has 1 rings (SSSR count). The molecule has 0 bridgehead atoms. The lowest BCUT2D eigenvalue weighted by molar-refractivity contribution is -0.137. The van der Waals surface area contributed by atoms with Crippen LogP contribution in [0.1, 0.15) is 54.2 Å². The van der Waals surface area contributed by atoms with Crippen LogP contribution in [0.15, 0.2) is 6.07 Å². The van der Waals surface area contributed by atoms with E-state index in [4.69, 9.17) is 5.11 Å². The number of aliphatic carboxylic acids is 1. The third-order valence-corrected chi connectivity index (χ3v) is 4.30. The molecule has 4 nitrogen and oxygen atoms in total. The Balaban J connectivity index is 3.00. The van der Waals surface area contributed by atoms with Crippen molar-refractivity contribution in [1.29, 1.82) is 0 Å². The molecular weight excluding hydrogens is 274 g/mol. The molecule has 0 saturated heterocycles. The first-order chi connectivity index (χ1) is 9.16. The lowest BCUT2D eigenvalue weighted by Crippen LogP contribution is -2.46. The number of rotatable bonds is 5. The topological polar surface area (TPSA) is 57.6 Å². The zero-order valence-electron chi connectivity index (χ0n) is 12.8. The minimum Gasteiger partial charge on any atom is -0.481 e. The minimum absolute atomic E-state index is 0.0337. The first kappa shape index (κ1) is 16.7. The summed E-state index contributed by atoms with van der Waals surface area (Å²) < 4.78 is 0. The van der Waals surface area contributed by atoms with Crippen molar-refractivity contribution < 1.29 is 14.7 Å². The standard InChI is InChI=1S/C15H23NO3S/c1-6-11-9-12(20-10(11)2)14(19)16(15(3,4)5)8-7-13(17)18/h9H,6-8H2,1-5H3,(H,17,18). The van der Waals surface area contributed by atoms with Crippen molar-refractivity contribution in [1.82, 2.24) is 4.90 Å². The molecule has 0 saturated carbocycles. The predicted octanol–water partition coefficient (Wildman–Crippen LogP) is 3.33. The highest BCUT2D eigenvalue weighted by Gasteiger charge is 2.28. The van der Waals surface area contributed by atoms with E-state index in [1.165, 1.54) is 16.9 Å². The highest BCUT2D eigenvalue weighted by Crippen LogP contribution is 2.26. The largest absolute Gasteiger partial charge is 0.481 e. The molecule has 1 amide bonds. The maximum atomic E-state index is 12.6. The molecule has 0 aromatic carbocycles. The monoisotopic (exact) mass is 297 g/mol. The summed E-state index contributed by atoms with van der Waals surface area (Å²) in [6, 6.07) is 1.93. The van der Waals surface area contributed by atoms with Crippen LogP contribution in [0.4, 0.5) is 0 Å². The average molecular weight is 297 g/mol. The fraction of sp³-hybridized carbons (Fsp3) is 0.600. The second kappa shape index (κ2) is 6.39. The van der Waals surface area contributed by atoms with Gasteiger partial charge in [-0.3, -0.25) is 9.59 Å². The van der Waals surface area contributed by atoms with Gasteiger partial charge in [-0.1, -0.05) is 6.92 Å². The van der Waals surface area contributed by atoms with Gasteiger partial charge < -0.3 is 10.0 Å². The van der Waals surface area contributed by atoms with Gasteiger partial charge in [0, 0.05) is 17.0 Å². The van der Waals surface area contributed by atoms with Crippen molar-refractivity contribution in [2.75, 3.05) is 6.54 Å². The summed E-state index contributed by atoms with van der Waals surface area (Å²) in [5.74, 6) is -0.963. The summed E-state index contributed by atoms with van der Waals surface area (Å²) in [6.07, 6.45) is 0.869. The fourth-order valence-corrected chi connectivity index (χ4v) is 3.12. The smallest absolute Gasteiger partial charge is 0.305 e. The van der Waals surface area contributed by atoms with Crippen molar-refractivity contribution in [3.8, 4) is 0 Å². The van der Waals surface area contributed by atoms with Crippen LogP contribution < -0.4 is 0 Å². The van der Waals surface area contributed by atoms with E-state index in [1.54, 1.807) is 4.90 Å². The van der Waals surface area contributed by atoms with E-state index in [9.17, 15) is 9.59 Å². The van der Waals surface area contributed by atoms with Crippen LogP contribution in [0, 0.1) is 6.92 Å². The summed E-state index contributed by atoms with van der Waals surface area (Å²) in [7, 11) is 0. The predicted molar refractivity (Wildman–Crippen MR) is 81.5 cm³/mol. The normalized spacial score (nSPS) is 11.4. The lowest BCUT2D eigenvalue weighted by atomic mass is 10.0. The molecule has 0 unspecified atom stereocenters. The first-order valence-corrected chi connectivity index (χ1v) is 7.61. The van der Waals surface area contributed by atoms with Crippen LogP contribution in [-0.2, 0) is 11.2 Å². The maximum absolute atomic E-state index is 12.6. The Labute approximate surface area is 124 Å². The van der Waals surface area contributed by atoms with Crippen molar-refractivity contribution in [2.45, 2.75) is 53.0 Å². The summed E-state index contributed by atoms with van der Waals surface area (Å²) in [5, 5.41) is 8.83. The SMILES string of the molecule is CCc1cc(C(=O)N(CCC(=O)O)C(C)(C)C)sc1C. The summed E-state index contributed by atoms with van der Waals surface area (Å²) in [5.41, 5.74) is 0.794. The van der Waals surface area contributed by atoms with Crippen molar-refractivity contribution in [3.63, 3.8) is 0 Å². The fourth-order valence-electron chi connectivity index (χ4n) is 2.06. The third kappa shape index (κ3) is 4.07. The number of carbonyl (C=O) groups excluding carboxylic acids is 1. The van der Waals surface area contributed by atoms with Gasteiger partial charge in [0.15, 0.2) is 0 Å². The number of thiophene rings is 1. The van der Waals surface area contributed by atoms with E-state index in [2.05, 4.69) is 6.92 Å². The molecule has 1 aromatic heterocycles. The molecule has 0 atom stereocenters. The van der Waals surface area contributed by atoms with Gasteiger partial charge in [0.2, 0.25) is 0 Å². The lowest BCUT2D eigenvalue weighted by Gasteiger charge is -2.35. The van der Waals surface area contributed by atoms with Crippen LogP contribution >= 0.6 is 11.3 Å². The summed E-state index contributed by atoms with van der Waals surface area (Å²) >= 11 is 1.49. The molecule has 20 heavy (non-hydrogen) atoms. The van der Waals surface area contributed by atoms with Gasteiger partial charge in [0.1, 0.15) is 0 Å². The van der Waals surface area contributed by atoms with E-state index in [0.717, 1.165) is 11.3 Å². The molecule has 1 heterocycles. The first-order valence-electron chi connectivity index (χ1n) is 6.80. The molecule has 0 fully saturated rings. The number of carbonyl (C=O) groups is 2. The number of nitrogens with zero attached hydrogens (tertiary/aromatic N) is 1. The van der Waals surface area contributed by atoms with Gasteiger partial charge >= 0.3 is 5.97 Å².